The van der Waals surface area contributed by atoms with E-state index < -0.39 is 0 Å². The van der Waals surface area contributed by atoms with Crippen LogP contribution < -0.4 is 0 Å². The van der Waals surface area contributed by atoms with E-state index in [4.69, 9.17) is 0 Å². The van der Waals surface area contributed by atoms with Gasteiger partial charge in [0.25, 0.3) is 0 Å². The van der Waals surface area contributed by atoms with Gasteiger partial charge in [-0.15, -0.1) is 0 Å². The zero-order valence-corrected chi connectivity index (χ0v) is 4.07. The standard InChI is InChI=1S/Al.Fe.2Ni.3H. The molecule has 0 bridgehead atoms. The van der Waals surface area contributed by atoms with Crippen molar-refractivity contribution in [3.05, 3.63) is 0 Å². The molecule has 4 heavy (non-hydrogen) atoms. The normalized spacial score (nSPS) is 0. The third-order valence-electron chi connectivity index (χ3n) is 0. The van der Waals surface area contributed by atoms with Crippen LogP contribution in [0.3, 0.4) is 0 Å². The van der Waals surface area contributed by atoms with Crippen LogP contribution in [0.15, 0.2) is 0 Å². The Morgan fingerprint density at radius 1 is 0.750 bits per heavy atom. The van der Waals surface area contributed by atoms with Crippen molar-refractivity contribution in [3.8, 4) is 0 Å². The van der Waals surface area contributed by atoms with Gasteiger partial charge in [0.05, 0.1) is 0 Å². The summed E-state index contributed by atoms with van der Waals surface area (Å²) in [6.07, 6.45) is 0. The Kier molecular flexibility index (Phi) is 182. The third kappa shape index (κ3) is 8.97. The molecule has 0 spiro atoms. The maximum Gasteiger partial charge on any atom is 0.187 e. The molecule has 0 aliphatic carbocycles. The van der Waals surface area contributed by atoms with Crippen LogP contribution >= 0.6 is 0 Å². The average Bonchev–Trinajstić information content (AvgIpc) is 0. The second-order valence-electron chi connectivity index (χ2n) is 0. The van der Waals surface area contributed by atoms with Crippen LogP contribution in [0.1, 0.15) is 0 Å². The summed E-state index contributed by atoms with van der Waals surface area (Å²) in [5.74, 6) is 0. The maximum absolute atomic E-state index is 0. The van der Waals surface area contributed by atoms with E-state index in [-0.39, 0.29) is 67.4 Å². The number of hydrogen-bond donors (Lipinski definition) is 0. The molecule has 0 amide bonds. The molecule has 0 fully saturated rings. The summed E-state index contributed by atoms with van der Waals surface area (Å²) in [6, 6.07) is 0. The molecule has 0 aromatic carbocycles. The molecule has 34 valence electrons. The quantitative estimate of drug-likeness (QED) is 0.434. The van der Waals surface area contributed by atoms with Crippen LogP contribution in [0.2, 0.25) is 0 Å². The molecule has 0 saturated heterocycles. The first-order valence-corrected chi connectivity index (χ1v) is 0. The largest absolute Gasteiger partial charge is 0.187 e. The van der Waals surface area contributed by atoms with Gasteiger partial charge in [-0.25, -0.2) is 0 Å². The van der Waals surface area contributed by atoms with Crippen molar-refractivity contribution in [2.24, 2.45) is 0 Å². The van der Waals surface area contributed by atoms with Crippen molar-refractivity contribution in [3.63, 3.8) is 0 Å². The molecule has 0 heterocycles. The van der Waals surface area contributed by atoms with E-state index in [1.165, 1.54) is 0 Å². The fourth-order valence-electron chi connectivity index (χ4n) is 0. The minimum Gasteiger partial charge on any atom is 0 e. The Bertz CT molecular complexity index is 6.00. The van der Waals surface area contributed by atoms with E-state index in [2.05, 4.69) is 0 Å². The molecule has 0 radical (unpaired) electrons. The molecule has 0 rings (SSSR count). The molecule has 0 saturated carbocycles. The zero-order valence-electron chi connectivity index (χ0n) is 0.986. The van der Waals surface area contributed by atoms with Crippen LogP contribution in [0.4, 0.5) is 0 Å². The van der Waals surface area contributed by atoms with Crippen molar-refractivity contribution >= 4 is 17.4 Å². The fourth-order valence-corrected chi connectivity index (χ4v) is 0. The van der Waals surface area contributed by atoms with Crippen LogP contribution in [0, 0.1) is 0 Å². The van der Waals surface area contributed by atoms with Gasteiger partial charge in [-0.1, -0.05) is 0 Å². The van der Waals surface area contributed by atoms with Crippen LogP contribution in [-0.4, -0.2) is 17.4 Å². The van der Waals surface area contributed by atoms with Gasteiger partial charge in [0.15, 0.2) is 17.4 Å². The molecule has 0 atom stereocenters. The van der Waals surface area contributed by atoms with Crippen LogP contribution in [-0.2, 0) is 50.1 Å². The Balaban J connectivity index is 0. The van der Waals surface area contributed by atoms with E-state index in [0.29, 0.717) is 0 Å². The topological polar surface area (TPSA) is 0 Å². The van der Waals surface area contributed by atoms with E-state index in [9.17, 15) is 0 Å². The van der Waals surface area contributed by atoms with Gasteiger partial charge in [0.2, 0.25) is 0 Å². The molecule has 0 aromatic rings. The summed E-state index contributed by atoms with van der Waals surface area (Å²) < 4.78 is 0. The van der Waals surface area contributed by atoms with Gasteiger partial charge >= 0.3 is 0 Å². The summed E-state index contributed by atoms with van der Waals surface area (Å²) in [4.78, 5) is 0. The van der Waals surface area contributed by atoms with Gasteiger partial charge in [-0.3, -0.25) is 0 Å². The first-order chi connectivity index (χ1) is 0. The van der Waals surface area contributed by atoms with Crippen LogP contribution in [0.25, 0.3) is 0 Å². The summed E-state index contributed by atoms with van der Waals surface area (Å²) in [7, 11) is 0. The average molecular weight is 203 g/mol. The Morgan fingerprint density at radius 2 is 0.750 bits per heavy atom. The van der Waals surface area contributed by atoms with E-state index in [1.54, 1.807) is 0 Å². The summed E-state index contributed by atoms with van der Waals surface area (Å²) >= 11 is 0. The number of hydrogen-bond acceptors (Lipinski definition) is 0. The van der Waals surface area contributed by atoms with Gasteiger partial charge in [-0.05, 0) is 0 Å². The maximum atomic E-state index is 0. The molecular formula is H3AlFeNi2. The molecule has 0 aliphatic heterocycles. The Labute approximate surface area is 66.9 Å². The molecule has 0 N–H and O–H groups in total. The SMILES string of the molecule is [AlH3].[Fe].[Ni].[Ni]. The monoisotopic (exact) mass is 202 g/mol. The Hall–Kier alpha value is 2.04. The first kappa shape index (κ1) is 36.9. The van der Waals surface area contributed by atoms with Crippen molar-refractivity contribution in [1.29, 1.82) is 0 Å². The van der Waals surface area contributed by atoms with Gasteiger partial charge in [0.1, 0.15) is 0 Å². The van der Waals surface area contributed by atoms with Gasteiger partial charge in [0, 0.05) is 50.1 Å². The summed E-state index contributed by atoms with van der Waals surface area (Å²) in [6.45, 7) is 0. The van der Waals surface area contributed by atoms with Gasteiger partial charge < -0.3 is 0 Å². The van der Waals surface area contributed by atoms with Crippen molar-refractivity contribution in [2.45, 2.75) is 0 Å². The zero-order chi connectivity index (χ0) is 0. The molecule has 4 heteroatoms. The smallest absolute Gasteiger partial charge is 0 e. The Morgan fingerprint density at radius 3 is 0.750 bits per heavy atom. The number of rotatable bonds is 0. The van der Waals surface area contributed by atoms with Crippen LogP contribution in [0.5, 0.6) is 0 Å². The molecule has 0 aromatic heterocycles. The van der Waals surface area contributed by atoms with Crippen molar-refractivity contribution in [2.75, 3.05) is 0 Å². The second kappa shape index (κ2) is 19.8. The molecular weight excluding hydrogens is 200 g/mol. The van der Waals surface area contributed by atoms with Gasteiger partial charge in [-0.2, -0.15) is 0 Å². The summed E-state index contributed by atoms with van der Waals surface area (Å²) in [5.41, 5.74) is 0. The minimum atomic E-state index is 0. The molecule has 0 nitrogen and oxygen atoms in total. The third-order valence-corrected chi connectivity index (χ3v) is 0. The molecule has 0 unspecified atom stereocenters. The predicted molar refractivity (Wildman–Crippen MR) is 9.94 cm³/mol. The van der Waals surface area contributed by atoms with Crippen molar-refractivity contribution in [1.82, 2.24) is 0 Å². The predicted octanol–water partition coefficient (Wildman–Crippen LogP) is -1.19. The molecule has 0 aliphatic rings. The minimum absolute atomic E-state index is 0. The van der Waals surface area contributed by atoms with E-state index >= 15 is 0 Å². The summed E-state index contributed by atoms with van der Waals surface area (Å²) in [5, 5.41) is 0. The fraction of sp³-hybridized carbons (Fsp3) is 0. The van der Waals surface area contributed by atoms with E-state index in [1.807, 2.05) is 0 Å². The van der Waals surface area contributed by atoms with Crippen molar-refractivity contribution < 1.29 is 50.1 Å². The second-order valence-corrected chi connectivity index (χ2v) is 0. The first-order valence-electron chi connectivity index (χ1n) is 0. The van der Waals surface area contributed by atoms with E-state index in [0.717, 1.165) is 0 Å².